The Bertz CT molecular complexity index is 1180. The first kappa shape index (κ1) is 28.8. The first-order chi connectivity index (χ1) is 17.4. The molecule has 1 aliphatic rings. The second-order valence-electron chi connectivity index (χ2n) is 10.1. The molecule has 4 rings (SSSR count). The number of aryl methyl sites for hydroxylation is 2. The third-order valence-corrected chi connectivity index (χ3v) is 7.23. The maximum atomic E-state index is 9.71. The van der Waals surface area contributed by atoms with Crippen LogP contribution < -0.4 is 14.2 Å². The first-order valence-electron chi connectivity index (χ1n) is 12.8. The zero-order valence-corrected chi connectivity index (χ0v) is 23.5. The molecule has 200 valence electrons. The Balaban J connectivity index is 0.00000380. The van der Waals surface area contributed by atoms with Crippen molar-refractivity contribution < 1.29 is 19.3 Å². The highest BCUT2D eigenvalue weighted by Gasteiger charge is 2.20. The molecule has 0 aliphatic heterocycles. The second kappa shape index (κ2) is 13.2. The number of ether oxygens (including phenoxy) is 3. The van der Waals surface area contributed by atoms with Crippen LogP contribution in [0.25, 0.3) is 11.1 Å². The molecule has 0 fully saturated rings. The lowest BCUT2D eigenvalue weighted by atomic mass is 9.82. The average Bonchev–Trinajstić information content (AvgIpc) is 2.90. The van der Waals surface area contributed by atoms with Crippen molar-refractivity contribution in [3.8, 4) is 28.4 Å². The Hall–Kier alpha value is -2.73. The van der Waals surface area contributed by atoms with Gasteiger partial charge in [0.1, 0.15) is 12.4 Å². The van der Waals surface area contributed by atoms with Crippen LogP contribution in [-0.2, 0) is 26.1 Å². The van der Waals surface area contributed by atoms with Crippen molar-refractivity contribution in [3.63, 3.8) is 0 Å². The van der Waals surface area contributed by atoms with E-state index in [0.29, 0.717) is 18.1 Å². The minimum atomic E-state index is -0.101. The number of rotatable bonds is 10. The van der Waals surface area contributed by atoms with Crippen LogP contribution in [0.15, 0.2) is 48.5 Å². The summed E-state index contributed by atoms with van der Waals surface area (Å²) in [5.74, 6) is 2.94. The summed E-state index contributed by atoms with van der Waals surface area (Å²) in [6.07, 6.45) is 4.85. The average molecular weight is 526 g/mol. The van der Waals surface area contributed by atoms with E-state index in [-0.39, 0.29) is 19.0 Å². The predicted octanol–water partition coefficient (Wildman–Crippen LogP) is 6.23. The molecular weight excluding hydrogens is 486 g/mol. The van der Waals surface area contributed by atoms with Gasteiger partial charge in [-0.15, -0.1) is 12.4 Å². The number of aliphatic hydroxyl groups excluding tert-OH is 1. The molecule has 5 nitrogen and oxygen atoms in total. The summed E-state index contributed by atoms with van der Waals surface area (Å²) in [4.78, 5) is 2.28. The predicted molar refractivity (Wildman–Crippen MR) is 152 cm³/mol. The van der Waals surface area contributed by atoms with E-state index in [4.69, 9.17) is 14.2 Å². The lowest BCUT2D eigenvalue weighted by Crippen LogP contribution is -2.21. The van der Waals surface area contributed by atoms with Crippen molar-refractivity contribution >= 4 is 12.4 Å². The van der Waals surface area contributed by atoms with Gasteiger partial charge in [0, 0.05) is 11.1 Å². The molecular formula is C31H40ClNO4. The largest absolute Gasteiger partial charge is 0.492 e. The van der Waals surface area contributed by atoms with Gasteiger partial charge in [-0.2, -0.15) is 0 Å². The van der Waals surface area contributed by atoms with Crippen molar-refractivity contribution in [2.45, 2.75) is 45.8 Å². The van der Waals surface area contributed by atoms with E-state index in [9.17, 15) is 5.11 Å². The molecule has 0 heterocycles. The summed E-state index contributed by atoms with van der Waals surface area (Å²) in [5, 5.41) is 9.71. The van der Waals surface area contributed by atoms with Gasteiger partial charge >= 0.3 is 0 Å². The molecule has 37 heavy (non-hydrogen) atoms. The highest BCUT2D eigenvalue weighted by atomic mass is 35.5. The third-order valence-electron chi connectivity index (χ3n) is 7.23. The maximum absolute atomic E-state index is 9.71. The first-order valence-corrected chi connectivity index (χ1v) is 12.8. The molecule has 0 amide bonds. The van der Waals surface area contributed by atoms with E-state index < -0.39 is 0 Å². The van der Waals surface area contributed by atoms with Crippen molar-refractivity contribution in [2.75, 3.05) is 34.9 Å². The van der Waals surface area contributed by atoms with Gasteiger partial charge in [0.15, 0.2) is 11.5 Å². The number of halogens is 1. The standard InChI is InChI=1S/C31H39NO4.ClH/c1-21-16-27(19-33)30(34-4)31(35-5)29(21)24-9-7-23(8-10-24)20-36-28-13-12-25-17-22(14-15-32(2)3)6-11-26(25)18-28;/h7-10,12-13,16,18,22,33H,6,11,14-15,17,19-20H2,1-5H3;1H. The highest BCUT2D eigenvalue weighted by Crippen LogP contribution is 2.43. The second-order valence-corrected chi connectivity index (χ2v) is 10.1. The number of nitrogens with zero attached hydrogens (tertiary/aromatic N) is 1. The van der Waals surface area contributed by atoms with Gasteiger partial charge in [0.2, 0.25) is 0 Å². The molecule has 0 saturated heterocycles. The summed E-state index contributed by atoms with van der Waals surface area (Å²) in [6.45, 7) is 3.60. The van der Waals surface area contributed by atoms with Crippen LogP contribution in [0.4, 0.5) is 0 Å². The smallest absolute Gasteiger partial charge is 0.169 e. The van der Waals surface area contributed by atoms with Crippen LogP contribution in [0.2, 0.25) is 0 Å². The summed E-state index contributed by atoms with van der Waals surface area (Å²) < 4.78 is 17.4. The molecule has 0 spiro atoms. The Morgan fingerprint density at radius 1 is 0.946 bits per heavy atom. The van der Waals surface area contributed by atoms with Gasteiger partial charge in [-0.3, -0.25) is 0 Å². The number of hydrogen-bond acceptors (Lipinski definition) is 5. The van der Waals surface area contributed by atoms with Crippen LogP contribution >= 0.6 is 12.4 Å². The minimum Gasteiger partial charge on any atom is -0.492 e. The van der Waals surface area contributed by atoms with E-state index >= 15 is 0 Å². The number of aliphatic hydroxyl groups is 1. The van der Waals surface area contributed by atoms with E-state index in [1.54, 1.807) is 14.2 Å². The molecule has 0 radical (unpaired) electrons. The third kappa shape index (κ3) is 6.78. The van der Waals surface area contributed by atoms with E-state index in [2.05, 4.69) is 61.5 Å². The molecule has 0 saturated carbocycles. The lowest BCUT2D eigenvalue weighted by Gasteiger charge is -2.26. The summed E-state index contributed by atoms with van der Waals surface area (Å²) >= 11 is 0. The van der Waals surface area contributed by atoms with Crippen molar-refractivity contribution in [1.82, 2.24) is 4.90 Å². The molecule has 1 aliphatic carbocycles. The number of methoxy groups -OCH3 is 2. The molecule has 0 bridgehead atoms. The molecule has 1 unspecified atom stereocenters. The fourth-order valence-corrected chi connectivity index (χ4v) is 5.25. The molecule has 1 atom stereocenters. The van der Waals surface area contributed by atoms with Gasteiger partial charge in [0.05, 0.1) is 20.8 Å². The molecule has 3 aromatic rings. The van der Waals surface area contributed by atoms with Crippen LogP contribution in [0.5, 0.6) is 17.2 Å². The van der Waals surface area contributed by atoms with Gasteiger partial charge in [-0.05, 0) is 105 Å². The van der Waals surface area contributed by atoms with Crippen LogP contribution in [-0.4, -0.2) is 44.9 Å². The minimum absolute atomic E-state index is 0. The van der Waals surface area contributed by atoms with Crippen LogP contribution in [0.3, 0.4) is 0 Å². The Labute approximate surface area is 227 Å². The zero-order chi connectivity index (χ0) is 25.7. The van der Waals surface area contributed by atoms with Gasteiger partial charge in [-0.1, -0.05) is 30.3 Å². The molecule has 1 N–H and O–H groups in total. The molecule has 3 aromatic carbocycles. The quantitative estimate of drug-likeness (QED) is 0.340. The number of fused-ring (bicyclic) bond motifs is 1. The normalized spacial score (nSPS) is 14.6. The fourth-order valence-electron chi connectivity index (χ4n) is 5.25. The van der Waals surface area contributed by atoms with Crippen LogP contribution in [0, 0.1) is 12.8 Å². The summed E-state index contributed by atoms with van der Waals surface area (Å²) in [7, 11) is 7.53. The monoisotopic (exact) mass is 525 g/mol. The highest BCUT2D eigenvalue weighted by molar-refractivity contribution is 5.85. The zero-order valence-electron chi connectivity index (χ0n) is 22.7. The Kier molecular flexibility index (Phi) is 10.3. The molecule has 6 heteroatoms. The fraction of sp³-hybridized carbons (Fsp3) is 0.419. The maximum Gasteiger partial charge on any atom is 0.169 e. The Morgan fingerprint density at radius 3 is 2.32 bits per heavy atom. The topological polar surface area (TPSA) is 51.2 Å². The van der Waals surface area contributed by atoms with E-state index in [1.807, 2.05) is 13.0 Å². The number of hydrogen-bond donors (Lipinski definition) is 1. The van der Waals surface area contributed by atoms with Gasteiger partial charge < -0.3 is 24.2 Å². The van der Waals surface area contributed by atoms with Crippen LogP contribution in [0.1, 0.15) is 40.7 Å². The van der Waals surface area contributed by atoms with Crippen molar-refractivity contribution in [2.24, 2.45) is 5.92 Å². The lowest BCUT2D eigenvalue weighted by molar-refractivity contribution is 0.270. The summed E-state index contributed by atoms with van der Waals surface area (Å²) in [6, 6.07) is 16.9. The number of benzene rings is 3. The van der Waals surface area contributed by atoms with E-state index in [1.165, 1.54) is 30.4 Å². The van der Waals surface area contributed by atoms with Crippen molar-refractivity contribution in [3.05, 3.63) is 76.3 Å². The SMILES string of the molecule is COc1c(CO)cc(C)c(-c2ccc(COc3ccc4c(c3)CCC(CCN(C)C)C4)cc2)c1OC.Cl. The summed E-state index contributed by atoms with van der Waals surface area (Å²) in [5.41, 5.74) is 7.77. The van der Waals surface area contributed by atoms with Gasteiger partial charge in [-0.25, -0.2) is 0 Å². The van der Waals surface area contributed by atoms with Gasteiger partial charge in [0.25, 0.3) is 0 Å². The van der Waals surface area contributed by atoms with E-state index in [0.717, 1.165) is 52.5 Å². The molecule has 0 aromatic heterocycles. The van der Waals surface area contributed by atoms with Crippen molar-refractivity contribution in [1.29, 1.82) is 0 Å². The Morgan fingerprint density at radius 2 is 1.68 bits per heavy atom.